The van der Waals surface area contributed by atoms with Gasteiger partial charge in [-0.1, -0.05) is 18.2 Å². The number of rotatable bonds is 7. The highest BCUT2D eigenvalue weighted by Crippen LogP contribution is 2.48. The Morgan fingerprint density at radius 2 is 1.79 bits per heavy atom. The minimum absolute atomic E-state index is 0.0683. The molecular weight excluding hydrogens is 386 g/mol. The van der Waals surface area contributed by atoms with Crippen molar-refractivity contribution < 1.29 is 32.5 Å². The Balaban J connectivity index is 2.93. The van der Waals surface area contributed by atoms with E-state index in [4.69, 9.17) is 4.74 Å². The van der Waals surface area contributed by atoms with Crippen molar-refractivity contribution in [3.8, 4) is 5.75 Å². The fraction of sp³-hybridized carbons (Fsp3) is 0.450. The van der Waals surface area contributed by atoms with Gasteiger partial charge < -0.3 is 9.47 Å². The largest absolute Gasteiger partial charge is 0.465 e. The first-order valence-electron chi connectivity index (χ1n) is 9.22. The van der Waals surface area contributed by atoms with Crippen molar-refractivity contribution in [3.63, 3.8) is 0 Å². The number of methoxy groups -OCH3 is 1. The number of carbonyl (C=O) groups is 1. The Kier molecular flexibility index (Phi) is 6.73. The maximum Gasteiger partial charge on any atom is 0.387 e. The van der Waals surface area contributed by atoms with Crippen LogP contribution in [-0.4, -0.2) is 42.2 Å². The van der Waals surface area contributed by atoms with E-state index in [0.29, 0.717) is 24.5 Å². The Hall–Kier alpha value is -2.81. The number of halogens is 2. The number of nitro groups is 1. The number of allylic oxidation sites excluding steroid dienone is 3. The summed E-state index contributed by atoms with van der Waals surface area (Å²) in [6, 6.07) is 5.79. The first-order chi connectivity index (χ1) is 13.7. The van der Waals surface area contributed by atoms with Crippen molar-refractivity contribution in [2.45, 2.75) is 40.2 Å². The Labute approximate surface area is 167 Å². The third-order valence-corrected chi connectivity index (χ3v) is 5.73. The van der Waals surface area contributed by atoms with Gasteiger partial charge in [0.1, 0.15) is 22.9 Å². The van der Waals surface area contributed by atoms with E-state index >= 15 is 0 Å². The van der Waals surface area contributed by atoms with Gasteiger partial charge in [-0.25, -0.2) is 4.79 Å². The lowest BCUT2D eigenvalue weighted by Gasteiger charge is -2.41. The van der Waals surface area contributed by atoms with Gasteiger partial charge in [-0.2, -0.15) is 8.78 Å². The van der Waals surface area contributed by atoms with Crippen molar-refractivity contribution in [3.05, 3.63) is 62.6 Å². The summed E-state index contributed by atoms with van der Waals surface area (Å²) in [5.41, 5.74) is 0.983. The first kappa shape index (κ1) is 22.5. The van der Waals surface area contributed by atoms with Crippen LogP contribution >= 0.6 is 0 Å². The van der Waals surface area contributed by atoms with E-state index in [-0.39, 0.29) is 27.1 Å². The van der Waals surface area contributed by atoms with Crippen molar-refractivity contribution in [1.29, 1.82) is 0 Å². The summed E-state index contributed by atoms with van der Waals surface area (Å²) in [6.45, 7) is 4.96. The average Bonchev–Trinajstić information content (AvgIpc) is 2.68. The standard InChI is InChI=1S/C20H25F2N2O5/c1-6-24(7-2)12(3)16(19(25)28-5)17(18(13(24)4)23(26)27)14-10-8-9-11-15(14)29-20(21)22/h8-11,17,20H,6-7H2,1-5H3/q+1. The summed E-state index contributed by atoms with van der Waals surface area (Å²) >= 11 is 0. The van der Waals surface area contributed by atoms with Crippen molar-refractivity contribution in [1.82, 2.24) is 0 Å². The molecule has 0 bridgehead atoms. The Morgan fingerprint density at radius 3 is 2.28 bits per heavy atom. The van der Waals surface area contributed by atoms with Crippen LogP contribution in [0.3, 0.4) is 0 Å². The molecule has 2 rings (SSSR count). The molecule has 0 amide bonds. The number of carbonyl (C=O) groups excluding carboxylic acids is 1. The molecule has 0 fully saturated rings. The minimum atomic E-state index is -3.11. The van der Waals surface area contributed by atoms with Crippen molar-refractivity contribution >= 4 is 5.97 Å². The molecule has 158 valence electrons. The predicted molar refractivity (Wildman–Crippen MR) is 102 cm³/mol. The highest BCUT2D eigenvalue weighted by molar-refractivity contribution is 5.92. The molecule has 0 saturated heterocycles. The molecule has 0 spiro atoms. The number of nitrogens with zero attached hydrogens (tertiary/aromatic N) is 2. The second-order valence-corrected chi connectivity index (χ2v) is 6.67. The molecular formula is C20H25F2N2O5+. The van der Waals surface area contributed by atoms with Gasteiger partial charge in [-0.05, 0) is 19.9 Å². The SMILES string of the molecule is CC[N+]1(CC)C(C)=C(C(=O)OC)C(c2ccccc2OC(F)F)C([N+](=O)[O-])=C1C. The van der Waals surface area contributed by atoms with Crippen LogP contribution in [0.5, 0.6) is 5.75 Å². The molecule has 0 N–H and O–H groups in total. The molecule has 0 radical (unpaired) electrons. The van der Waals surface area contributed by atoms with E-state index in [1.807, 2.05) is 13.8 Å². The molecule has 1 aromatic carbocycles. The lowest BCUT2D eigenvalue weighted by atomic mass is 9.81. The number of para-hydroxylation sites is 1. The van der Waals surface area contributed by atoms with Gasteiger partial charge >= 0.3 is 18.3 Å². The van der Waals surface area contributed by atoms with Crippen molar-refractivity contribution in [2.75, 3.05) is 20.2 Å². The highest BCUT2D eigenvalue weighted by Gasteiger charge is 2.52. The number of benzene rings is 1. The van der Waals surface area contributed by atoms with Gasteiger partial charge in [-0.15, -0.1) is 0 Å². The van der Waals surface area contributed by atoms with E-state index < -0.39 is 23.4 Å². The molecule has 9 heteroatoms. The summed E-state index contributed by atoms with van der Waals surface area (Å²) in [4.78, 5) is 24.4. The topological polar surface area (TPSA) is 78.7 Å². The quantitative estimate of drug-likeness (QED) is 0.291. The molecule has 0 aromatic heterocycles. The van der Waals surface area contributed by atoms with Gasteiger partial charge in [0.05, 0.1) is 25.1 Å². The highest BCUT2D eigenvalue weighted by atomic mass is 19.3. The van der Waals surface area contributed by atoms with Crippen LogP contribution in [0.2, 0.25) is 0 Å². The molecule has 29 heavy (non-hydrogen) atoms. The molecule has 0 saturated carbocycles. The minimum Gasteiger partial charge on any atom is -0.465 e. The van der Waals surface area contributed by atoms with Gasteiger partial charge in [0.2, 0.25) is 0 Å². The molecule has 1 aliphatic rings. The van der Waals surface area contributed by atoms with Crippen LogP contribution in [0.1, 0.15) is 39.2 Å². The second kappa shape index (κ2) is 8.69. The van der Waals surface area contributed by atoms with Gasteiger partial charge in [0.25, 0.3) is 0 Å². The summed E-state index contributed by atoms with van der Waals surface area (Å²) < 4.78 is 35.6. The average molecular weight is 411 g/mol. The third-order valence-electron chi connectivity index (χ3n) is 5.73. The summed E-state index contributed by atoms with van der Waals surface area (Å²) in [6.07, 6.45) is 0. The fourth-order valence-corrected chi connectivity index (χ4v) is 4.27. The molecule has 1 heterocycles. The number of ether oxygens (including phenoxy) is 2. The van der Waals surface area contributed by atoms with Crippen LogP contribution in [0.15, 0.2) is 46.9 Å². The maximum atomic E-state index is 13.0. The lowest BCUT2D eigenvalue weighted by molar-refractivity contribution is -0.856. The van der Waals surface area contributed by atoms with E-state index in [2.05, 4.69) is 4.74 Å². The molecule has 1 atom stereocenters. The monoisotopic (exact) mass is 411 g/mol. The summed E-state index contributed by atoms with van der Waals surface area (Å²) in [5, 5.41) is 12.1. The number of hydrogen-bond acceptors (Lipinski definition) is 5. The fourth-order valence-electron chi connectivity index (χ4n) is 4.27. The van der Waals surface area contributed by atoms with Crippen LogP contribution < -0.4 is 4.74 Å². The number of quaternary nitrogens is 1. The summed E-state index contributed by atoms with van der Waals surface area (Å²) in [7, 11) is 1.19. The number of alkyl halides is 2. The molecule has 7 nitrogen and oxygen atoms in total. The van der Waals surface area contributed by atoms with E-state index in [1.165, 1.54) is 25.3 Å². The zero-order valence-corrected chi connectivity index (χ0v) is 17.1. The molecule has 1 aromatic rings. The van der Waals surface area contributed by atoms with Gasteiger partial charge in [0.15, 0.2) is 5.70 Å². The smallest absolute Gasteiger partial charge is 0.387 e. The normalized spacial score (nSPS) is 18.8. The van der Waals surface area contributed by atoms with E-state index in [1.54, 1.807) is 19.9 Å². The van der Waals surface area contributed by atoms with Gasteiger partial charge in [0, 0.05) is 19.4 Å². The lowest BCUT2D eigenvalue weighted by Crippen LogP contribution is -2.49. The third kappa shape index (κ3) is 3.74. The Bertz CT molecular complexity index is 875. The van der Waals surface area contributed by atoms with Gasteiger partial charge in [-0.3, -0.25) is 14.6 Å². The van der Waals surface area contributed by atoms with Crippen LogP contribution in [0.4, 0.5) is 8.78 Å². The Morgan fingerprint density at radius 1 is 1.21 bits per heavy atom. The molecule has 1 unspecified atom stereocenters. The zero-order valence-electron chi connectivity index (χ0n) is 17.1. The van der Waals surface area contributed by atoms with Crippen LogP contribution in [0.25, 0.3) is 0 Å². The number of esters is 1. The second-order valence-electron chi connectivity index (χ2n) is 6.67. The number of hydrogen-bond donors (Lipinski definition) is 0. The molecule has 1 aliphatic heterocycles. The van der Waals surface area contributed by atoms with Crippen LogP contribution in [0, 0.1) is 10.1 Å². The maximum absolute atomic E-state index is 13.0. The predicted octanol–water partition coefficient (Wildman–Crippen LogP) is 4.20. The molecule has 0 aliphatic carbocycles. The van der Waals surface area contributed by atoms with E-state index in [0.717, 1.165) is 0 Å². The zero-order chi connectivity index (χ0) is 21.9. The first-order valence-corrected chi connectivity index (χ1v) is 9.22. The van der Waals surface area contributed by atoms with E-state index in [9.17, 15) is 23.7 Å². The summed E-state index contributed by atoms with van der Waals surface area (Å²) in [5.74, 6) is -2.16. The van der Waals surface area contributed by atoms with Crippen LogP contribution in [-0.2, 0) is 9.53 Å². The van der Waals surface area contributed by atoms with Crippen molar-refractivity contribution in [2.24, 2.45) is 0 Å².